The second-order valence-electron chi connectivity index (χ2n) is 13.2. The first-order valence-electron chi connectivity index (χ1n) is 16.4. The van der Waals surface area contributed by atoms with E-state index >= 15 is 0 Å². The number of benzene rings is 3. The van der Waals surface area contributed by atoms with Gasteiger partial charge in [0.2, 0.25) is 0 Å². The SMILES string of the molecule is O=C(O)[C@@H](C1CCCCC1)N1C[C@H](CN2CCC(c3cc(-c4cccc5ccccc45)n[nH]3)CC2)[C@@H](c2ccccc2)C1. The minimum Gasteiger partial charge on any atom is -0.480 e. The number of rotatable bonds is 8. The normalized spacial score (nSPS) is 23.5. The molecule has 6 heteroatoms. The van der Waals surface area contributed by atoms with Gasteiger partial charge in [0.15, 0.2) is 0 Å². The Morgan fingerprint density at radius 1 is 0.884 bits per heavy atom. The summed E-state index contributed by atoms with van der Waals surface area (Å²) in [5.41, 5.74) is 4.81. The van der Waals surface area contributed by atoms with Gasteiger partial charge in [-0.3, -0.25) is 14.8 Å². The summed E-state index contributed by atoms with van der Waals surface area (Å²) in [6.45, 7) is 4.89. The lowest BCUT2D eigenvalue weighted by molar-refractivity contribution is -0.145. The Morgan fingerprint density at radius 2 is 1.63 bits per heavy atom. The summed E-state index contributed by atoms with van der Waals surface area (Å²) in [4.78, 5) is 17.6. The summed E-state index contributed by atoms with van der Waals surface area (Å²) in [5, 5.41) is 21.0. The molecule has 2 saturated heterocycles. The van der Waals surface area contributed by atoms with Crippen LogP contribution in [0.5, 0.6) is 0 Å². The third-order valence-electron chi connectivity index (χ3n) is 10.6. The van der Waals surface area contributed by atoms with Crippen molar-refractivity contribution < 1.29 is 9.90 Å². The molecule has 0 spiro atoms. The maximum absolute atomic E-state index is 12.6. The predicted molar refractivity (Wildman–Crippen MR) is 172 cm³/mol. The summed E-state index contributed by atoms with van der Waals surface area (Å²) < 4.78 is 0. The fourth-order valence-corrected chi connectivity index (χ4v) is 8.39. The molecule has 4 aromatic rings. The Labute approximate surface area is 255 Å². The third-order valence-corrected chi connectivity index (χ3v) is 10.6. The lowest BCUT2D eigenvalue weighted by Crippen LogP contribution is -2.46. The monoisotopic (exact) mass is 576 g/mol. The van der Waals surface area contributed by atoms with E-state index in [2.05, 4.69) is 93.8 Å². The van der Waals surface area contributed by atoms with Crippen LogP contribution in [0.2, 0.25) is 0 Å². The number of carboxylic acids is 1. The van der Waals surface area contributed by atoms with Crippen LogP contribution in [0.15, 0.2) is 78.9 Å². The van der Waals surface area contributed by atoms with Crippen molar-refractivity contribution in [1.82, 2.24) is 20.0 Å². The van der Waals surface area contributed by atoms with E-state index in [1.807, 2.05) is 0 Å². The zero-order valence-corrected chi connectivity index (χ0v) is 25.1. The van der Waals surface area contributed by atoms with Gasteiger partial charge >= 0.3 is 5.97 Å². The zero-order valence-electron chi connectivity index (χ0n) is 25.1. The smallest absolute Gasteiger partial charge is 0.321 e. The van der Waals surface area contributed by atoms with E-state index in [0.29, 0.717) is 17.8 Å². The number of likely N-dealkylation sites (tertiary alicyclic amines) is 2. The lowest BCUT2D eigenvalue weighted by atomic mass is 9.83. The molecule has 1 saturated carbocycles. The number of carboxylic acid groups (broad SMARTS) is 1. The highest BCUT2D eigenvalue weighted by Gasteiger charge is 2.43. The number of hydrogen-bond acceptors (Lipinski definition) is 4. The van der Waals surface area contributed by atoms with Gasteiger partial charge in [0, 0.05) is 42.7 Å². The molecule has 43 heavy (non-hydrogen) atoms. The van der Waals surface area contributed by atoms with Crippen LogP contribution < -0.4 is 0 Å². The number of nitrogens with zero attached hydrogens (tertiary/aromatic N) is 3. The minimum atomic E-state index is -0.623. The summed E-state index contributed by atoms with van der Waals surface area (Å²) >= 11 is 0. The molecule has 224 valence electrons. The largest absolute Gasteiger partial charge is 0.480 e. The van der Waals surface area contributed by atoms with E-state index in [0.717, 1.165) is 64.1 Å². The summed E-state index contributed by atoms with van der Waals surface area (Å²) in [6.07, 6.45) is 7.92. The zero-order chi connectivity index (χ0) is 29.2. The van der Waals surface area contributed by atoms with Crippen LogP contribution >= 0.6 is 0 Å². The number of H-pyrrole nitrogens is 1. The molecule has 7 rings (SSSR count). The highest BCUT2D eigenvalue weighted by molar-refractivity contribution is 5.95. The van der Waals surface area contributed by atoms with E-state index in [1.54, 1.807) is 0 Å². The molecule has 1 aromatic heterocycles. The molecule has 3 aromatic carbocycles. The molecule has 1 aliphatic carbocycles. The van der Waals surface area contributed by atoms with Gasteiger partial charge < -0.3 is 10.0 Å². The first-order valence-corrected chi connectivity index (χ1v) is 16.4. The molecule has 6 nitrogen and oxygen atoms in total. The van der Waals surface area contributed by atoms with Crippen LogP contribution in [-0.2, 0) is 4.79 Å². The van der Waals surface area contributed by atoms with Gasteiger partial charge in [-0.2, -0.15) is 5.10 Å². The van der Waals surface area contributed by atoms with E-state index in [1.165, 1.54) is 46.9 Å². The summed E-state index contributed by atoms with van der Waals surface area (Å²) in [6, 6.07) is 27.7. The topological polar surface area (TPSA) is 72.5 Å². The quantitative estimate of drug-likeness (QED) is 0.233. The van der Waals surface area contributed by atoms with Crippen LogP contribution in [0.3, 0.4) is 0 Å². The Balaban J connectivity index is 1.03. The average molecular weight is 577 g/mol. The van der Waals surface area contributed by atoms with Gasteiger partial charge in [0.05, 0.1) is 5.69 Å². The summed E-state index contributed by atoms with van der Waals surface area (Å²) in [7, 11) is 0. The molecule has 2 N–H and O–H groups in total. The number of aromatic nitrogens is 2. The molecule has 0 amide bonds. The number of piperidine rings is 1. The van der Waals surface area contributed by atoms with Gasteiger partial charge in [-0.15, -0.1) is 0 Å². The number of aromatic amines is 1. The number of aliphatic carboxylic acids is 1. The van der Waals surface area contributed by atoms with Gasteiger partial charge in [-0.25, -0.2) is 0 Å². The Kier molecular flexibility index (Phi) is 8.31. The maximum atomic E-state index is 12.6. The van der Waals surface area contributed by atoms with Crippen LogP contribution in [-0.4, -0.2) is 69.8 Å². The molecule has 0 bridgehead atoms. The van der Waals surface area contributed by atoms with Crippen molar-refractivity contribution in [2.45, 2.75) is 62.8 Å². The second kappa shape index (κ2) is 12.6. The Hall–Kier alpha value is -3.48. The highest BCUT2D eigenvalue weighted by Crippen LogP contribution is 2.39. The van der Waals surface area contributed by atoms with Gasteiger partial charge in [0.25, 0.3) is 0 Å². The van der Waals surface area contributed by atoms with E-state index in [9.17, 15) is 9.90 Å². The van der Waals surface area contributed by atoms with Gasteiger partial charge in [-0.1, -0.05) is 92.1 Å². The molecule has 3 atom stereocenters. The molecule has 2 aliphatic heterocycles. The van der Waals surface area contributed by atoms with Crippen molar-refractivity contribution in [2.24, 2.45) is 11.8 Å². The standard InChI is InChI=1S/C37H44N4O2/c42-37(43)36(29-13-5-2-6-14-29)41-24-30(33(25-41)27-10-3-1-4-11-27)23-40-20-18-28(19-21-40)34-22-35(39-38-34)32-17-9-15-26-12-7-8-16-31(26)32/h1,3-4,7-12,15-17,22,28-30,33,36H,2,5-6,13-14,18-21,23-25H2,(H,38,39)(H,42,43)/t30-,33+,36+/m0/s1. The number of fused-ring (bicyclic) bond motifs is 1. The molecule has 3 fully saturated rings. The van der Waals surface area contributed by atoms with Crippen molar-refractivity contribution in [1.29, 1.82) is 0 Å². The van der Waals surface area contributed by atoms with E-state index in [4.69, 9.17) is 5.10 Å². The molecule has 3 aliphatic rings. The lowest BCUT2D eigenvalue weighted by Gasteiger charge is -2.35. The number of hydrogen-bond donors (Lipinski definition) is 2. The third kappa shape index (κ3) is 6.00. The first kappa shape index (κ1) is 28.3. The fourth-order valence-electron chi connectivity index (χ4n) is 8.39. The second-order valence-corrected chi connectivity index (χ2v) is 13.2. The van der Waals surface area contributed by atoms with E-state index < -0.39 is 5.97 Å². The highest BCUT2D eigenvalue weighted by atomic mass is 16.4. The molecular formula is C37H44N4O2. The van der Waals surface area contributed by atoms with Crippen LogP contribution in [0.1, 0.15) is 68.0 Å². The van der Waals surface area contributed by atoms with Crippen LogP contribution in [0.25, 0.3) is 22.0 Å². The fraction of sp³-hybridized carbons (Fsp3) is 0.459. The van der Waals surface area contributed by atoms with Crippen molar-refractivity contribution >= 4 is 16.7 Å². The molecule has 3 heterocycles. The Morgan fingerprint density at radius 3 is 2.42 bits per heavy atom. The maximum Gasteiger partial charge on any atom is 0.321 e. The van der Waals surface area contributed by atoms with Crippen molar-refractivity contribution in [3.63, 3.8) is 0 Å². The van der Waals surface area contributed by atoms with Crippen molar-refractivity contribution in [2.75, 3.05) is 32.7 Å². The minimum absolute atomic E-state index is 0.283. The van der Waals surface area contributed by atoms with Gasteiger partial charge in [-0.05, 0) is 73.0 Å². The van der Waals surface area contributed by atoms with Crippen LogP contribution in [0.4, 0.5) is 0 Å². The molecule has 0 radical (unpaired) electrons. The molecule has 0 unspecified atom stereocenters. The van der Waals surface area contributed by atoms with Crippen molar-refractivity contribution in [3.05, 3.63) is 90.1 Å². The van der Waals surface area contributed by atoms with Gasteiger partial charge in [0.1, 0.15) is 6.04 Å². The average Bonchev–Trinajstić information content (AvgIpc) is 3.70. The first-order chi connectivity index (χ1) is 21.1. The number of carbonyl (C=O) groups is 1. The number of nitrogens with one attached hydrogen (secondary N) is 1. The van der Waals surface area contributed by atoms with E-state index in [-0.39, 0.29) is 12.0 Å². The Bertz CT molecular complexity index is 1510. The predicted octanol–water partition coefficient (Wildman–Crippen LogP) is 7.16. The van der Waals surface area contributed by atoms with Crippen molar-refractivity contribution in [3.8, 4) is 11.3 Å². The molecular weight excluding hydrogens is 532 g/mol. The van der Waals surface area contributed by atoms with Crippen LogP contribution in [0, 0.1) is 11.8 Å². The summed E-state index contributed by atoms with van der Waals surface area (Å²) in [5.74, 6) is 0.961.